The first-order valence-electron chi connectivity index (χ1n) is 10.0. The molecule has 0 radical (unpaired) electrons. The van der Waals surface area contributed by atoms with Crippen LogP contribution in [0.15, 0.2) is 24.3 Å². The van der Waals surface area contributed by atoms with Gasteiger partial charge >= 0.3 is 12.0 Å². The third kappa shape index (κ3) is 4.30. The Kier molecular flexibility index (Phi) is 5.73. The van der Waals surface area contributed by atoms with Crippen molar-refractivity contribution in [3.05, 3.63) is 30.1 Å². The quantitative estimate of drug-likeness (QED) is 0.731. The van der Waals surface area contributed by atoms with Gasteiger partial charge in [0, 0.05) is 31.9 Å². The van der Waals surface area contributed by atoms with Gasteiger partial charge in [0.1, 0.15) is 5.82 Å². The van der Waals surface area contributed by atoms with Crippen molar-refractivity contribution in [3.63, 3.8) is 0 Å². The largest absolute Gasteiger partial charge is 0.437 e. The molecule has 0 aliphatic carbocycles. The Hall–Kier alpha value is -2.17. The molecule has 164 valence electrons. The van der Waals surface area contributed by atoms with E-state index in [0.717, 1.165) is 17.0 Å². The van der Waals surface area contributed by atoms with Crippen LogP contribution in [0.1, 0.15) is 12.8 Å². The molecule has 3 heterocycles. The van der Waals surface area contributed by atoms with Crippen molar-refractivity contribution in [1.29, 1.82) is 0 Å². The van der Waals surface area contributed by atoms with Crippen LogP contribution < -0.4 is 4.90 Å². The van der Waals surface area contributed by atoms with Crippen molar-refractivity contribution in [2.24, 2.45) is 0 Å². The van der Waals surface area contributed by atoms with Gasteiger partial charge in [0.25, 0.3) is 0 Å². The lowest BCUT2D eigenvalue weighted by Crippen LogP contribution is -2.65. The summed E-state index contributed by atoms with van der Waals surface area (Å²) in [7, 11) is 0. The highest BCUT2D eigenvalue weighted by molar-refractivity contribution is 5.98. The van der Waals surface area contributed by atoms with E-state index in [1.807, 2.05) is 4.90 Å². The van der Waals surface area contributed by atoms with Crippen LogP contribution in [0.5, 0.6) is 0 Å². The Morgan fingerprint density at radius 2 is 1.67 bits per heavy atom. The number of hydrogen-bond donors (Lipinski definition) is 0. The molecular weight excluding hydrogens is 403 g/mol. The number of morpholine rings is 2. The highest BCUT2D eigenvalue weighted by atomic mass is 19.3. The number of ether oxygens (including phenoxy) is 2. The Morgan fingerprint density at radius 1 is 1.03 bits per heavy atom. The van der Waals surface area contributed by atoms with E-state index >= 15 is 0 Å². The number of rotatable bonds is 3. The Labute approximate surface area is 172 Å². The second-order valence-electron chi connectivity index (χ2n) is 7.94. The number of benzene rings is 1. The first-order valence-corrected chi connectivity index (χ1v) is 10.0. The number of nitrogens with zero attached hydrogens (tertiary/aromatic N) is 3. The molecule has 4 rings (SSSR count). The molecular formula is C20H24F3N3O4. The zero-order valence-electron chi connectivity index (χ0n) is 16.5. The summed E-state index contributed by atoms with van der Waals surface area (Å²) >= 11 is 0. The molecule has 3 aliphatic rings. The van der Waals surface area contributed by atoms with E-state index in [0.29, 0.717) is 26.3 Å². The normalized spacial score (nSPS) is 24.3. The van der Waals surface area contributed by atoms with Gasteiger partial charge in [-0.1, -0.05) is 0 Å². The maximum Gasteiger partial charge on any atom is 0.437 e. The van der Waals surface area contributed by atoms with E-state index < -0.39 is 23.4 Å². The fourth-order valence-corrected chi connectivity index (χ4v) is 4.17. The highest BCUT2D eigenvalue weighted by Gasteiger charge is 2.57. The second kappa shape index (κ2) is 8.16. The summed E-state index contributed by atoms with van der Waals surface area (Å²) in [6, 6.07) is 4.83. The van der Waals surface area contributed by atoms with Crippen molar-refractivity contribution in [1.82, 2.24) is 9.80 Å². The molecule has 0 bridgehead atoms. The summed E-state index contributed by atoms with van der Waals surface area (Å²) in [4.78, 5) is 29.4. The summed E-state index contributed by atoms with van der Waals surface area (Å²) < 4.78 is 52.3. The van der Waals surface area contributed by atoms with Crippen LogP contribution in [-0.2, 0) is 19.1 Å². The molecule has 3 aliphatic heterocycles. The maximum atomic E-state index is 14.4. The minimum absolute atomic E-state index is 0.0548. The summed E-state index contributed by atoms with van der Waals surface area (Å²) in [5.74, 6) is -2.04. The minimum atomic E-state index is -3.98. The number of halogens is 3. The molecule has 3 saturated heterocycles. The van der Waals surface area contributed by atoms with Crippen LogP contribution in [-0.4, -0.2) is 85.8 Å². The Morgan fingerprint density at radius 3 is 2.30 bits per heavy atom. The van der Waals surface area contributed by atoms with Crippen molar-refractivity contribution < 1.29 is 32.2 Å². The van der Waals surface area contributed by atoms with Crippen molar-refractivity contribution >= 4 is 17.5 Å². The van der Waals surface area contributed by atoms with Gasteiger partial charge in [0.2, 0.25) is 5.91 Å². The molecule has 0 unspecified atom stereocenters. The van der Waals surface area contributed by atoms with Crippen LogP contribution in [0.3, 0.4) is 0 Å². The highest BCUT2D eigenvalue weighted by Crippen LogP contribution is 2.40. The number of hydrogen-bond acceptors (Lipinski definition) is 5. The molecule has 7 nitrogen and oxygen atoms in total. The van der Waals surface area contributed by atoms with E-state index in [1.165, 1.54) is 12.1 Å². The number of amides is 2. The summed E-state index contributed by atoms with van der Waals surface area (Å²) in [6.45, 7) is 3.29. The first-order chi connectivity index (χ1) is 14.3. The number of carbonyl (C=O) groups is 2. The molecule has 2 amide bonds. The van der Waals surface area contributed by atoms with Gasteiger partial charge < -0.3 is 19.3 Å². The molecule has 1 spiro atoms. The van der Waals surface area contributed by atoms with Crippen LogP contribution in [0.4, 0.5) is 18.9 Å². The fourth-order valence-electron chi connectivity index (χ4n) is 4.17. The average molecular weight is 427 g/mol. The second-order valence-corrected chi connectivity index (χ2v) is 7.94. The molecule has 0 aromatic heterocycles. The van der Waals surface area contributed by atoms with E-state index in [-0.39, 0.29) is 50.6 Å². The predicted octanol–water partition coefficient (Wildman–Crippen LogP) is 1.48. The van der Waals surface area contributed by atoms with Crippen molar-refractivity contribution in [3.8, 4) is 0 Å². The van der Waals surface area contributed by atoms with E-state index in [9.17, 15) is 22.8 Å². The summed E-state index contributed by atoms with van der Waals surface area (Å²) in [5.41, 5.74) is -1.07. The fraction of sp³-hybridized carbons (Fsp3) is 0.600. The van der Waals surface area contributed by atoms with E-state index in [4.69, 9.17) is 9.47 Å². The number of likely N-dealkylation sites (tertiary alicyclic amines) is 1. The van der Waals surface area contributed by atoms with Gasteiger partial charge in [-0.3, -0.25) is 14.5 Å². The number of anilines is 1. The van der Waals surface area contributed by atoms with Crippen LogP contribution in [0.25, 0.3) is 0 Å². The molecule has 3 fully saturated rings. The van der Waals surface area contributed by atoms with Crippen LogP contribution in [0.2, 0.25) is 0 Å². The zero-order chi connectivity index (χ0) is 21.4. The molecule has 0 saturated carbocycles. The topological polar surface area (TPSA) is 62.3 Å². The Balaban J connectivity index is 1.43. The van der Waals surface area contributed by atoms with Gasteiger partial charge in [-0.05, 0) is 37.1 Å². The number of carbonyl (C=O) groups excluding carboxylic acids is 2. The smallest absolute Gasteiger partial charge is 0.379 e. The van der Waals surface area contributed by atoms with Crippen LogP contribution in [0, 0.1) is 5.82 Å². The van der Waals surface area contributed by atoms with Crippen LogP contribution >= 0.6 is 0 Å². The zero-order valence-corrected chi connectivity index (χ0v) is 16.5. The van der Waals surface area contributed by atoms with Gasteiger partial charge in [0.15, 0.2) is 0 Å². The maximum absolute atomic E-state index is 14.4. The summed E-state index contributed by atoms with van der Waals surface area (Å²) in [5, 5.41) is 0. The molecule has 0 atom stereocenters. The third-order valence-electron chi connectivity index (χ3n) is 5.91. The van der Waals surface area contributed by atoms with Gasteiger partial charge in [-0.2, -0.15) is 8.78 Å². The minimum Gasteiger partial charge on any atom is -0.379 e. The third-order valence-corrected chi connectivity index (χ3v) is 5.91. The lowest BCUT2D eigenvalue weighted by atomic mass is 9.88. The van der Waals surface area contributed by atoms with Gasteiger partial charge in [0.05, 0.1) is 31.9 Å². The SMILES string of the molecule is O=C(CN1CCOCC1)N1CCC2(CC1)CN(c1ccc(F)cc1)C(=O)C(F)(F)O2. The Bertz CT molecular complexity index is 791. The number of alkyl halides is 2. The first kappa shape index (κ1) is 21.1. The number of piperidine rings is 1. The monoisotopic (exact) mass is 427 g/mol. The molecule has 30 heavy (non-hydrogen) atoms. The van der Waals surface area contributed by atoms with E-state index in [2.05, 4.69) is 0 Å². The molecule has 10 heteroatoms. The van der Waals surface area contributed by atoms with Crippen molar-refractivity contribution in [2.75, 3.05) is 57.4 Å². The lowest BCUT2D eigenvalue weighted by molar-refractivity contribution is -0.292. The molecule has 0 N–H and O–H groups in total. The van der Waals surface area contributed by atoms with E-state index in [1.54, 1.807) is 4.90 Å². The summed E-state index contributed by atoms with van der Waals surface area (Å²) in [6.07, 6.45) is -3.61. The molecule has 1 aromatic rings. The standard InChI is InChI=1S/C20H24F3N3O4/c21-15-1-3-16(4-2-15)26-14-19(30-20(22,23)18(26)28)5-7-25(8-6-19)17(27)13-24-9-11-29-12-10-24/h1-4H,5-14H2. The average Bonchev–Trinajstić information content (AvgIpc) is 2.72. The van der Waals surface area contributed by atoms with Crippen molar-refractivity contribution in [2.45, 2.75) is 24.6 Å². The molecule has 1 aromatic carbocycles. The van der Waals surface area contributed by atoms with Gasteiger partial charge in [-0.25, -0.2) is 4.39 Å². The van der Waals surface area contributed by atoms with Gasteiger partial charge in [-0.15, -0.1) is 0 Å². The predicted molar refractivity (Wildman–Crippen MR) is 101 cm³/mol. The lowest BCUT2D eigenvalue weighted by Gasteiger charge is -2.49.